The van der Waals surface area contributed by atoms with Crippen molar-refractivity contribution in [3.63, 3.8) is 0 Å². The van der Waals surface area contributed by atoms with E-state index >= 15 is 0 Å². The van der Waals surface area contributed by atoms with Gasteiger partial charge >= 0.3 is 0 Å². The second-order valence-electron chi connectivity index (χ2n) is 2.32. The van der Waals surface area contributed by atoms with Gasteiger partial charge in [-0.2, -0.15) is 0 Å². The number of aliphatic hydroxyl groups is 2. The van der Waals surface area contributed by atoms with Crippen LogP contribution in [0.5, 0.6) is 0 Å². The van der Waals surface area contributed by atoms with E-state index in [2.05, 4.69) is 0 Å². The molecular formula is C8H18O5. The first-order chi connectivity index (χ1) is 6.31. The van der Waals surface area contributed by atoms with Crippen LogP contribution in [0, 0.1) is 0 Å². The molecule has 80 valence electrons. The lowest BCUT2D eigenvalue weighted by atomic mass is 10.6. The maximum Gasteiger partial charge on any atom is 0.177 e. The minimum absolute atomic E-state index is 0.272. The fraction of sp³-hybridized carbons (Fsp3) is 1.00. The molecule has 1 unspecified atom stereocenters. The van der Waals surface area contributed by atoms with Gasteiger partial charge in [-0.1, -0.05) is 0 Å². The summed E-state index contributed by atoms with van der Waals surface area (Å²) in [5, 5.41) is 17.1. The van der Waals surface area contributed by atoms with Gasteiger partial charge in [-0.15, -0.1) is 0 Å². The van der Waals surface area contributed by atoms with Crippen molar-refractivity contribution in [1.82, 2.24) is 0 Å². The first kappa shape index (κ1) is 12.8. The molecule has 0 radical (unpaired) electrons. The van der Waals surface area contributed by atoms with E-state index in [1.165, 1.54) is 0 Å². The first-order valence-electron chi connectivity index (χ1n) is 4.37. The highest BCUT2D eigenvalue weighted by Gasteiger charge is 1.99. The van der Waals surface area contributed by atoms with Crippen LogP contribution >= 0.6 is 0 Å². The quantitative estimate of drug-likeness (QED) is 0.378. The summed E-state index contributed by atoms with van der Waals surface area (Å²) in [4.78, 5) is 0. The number of hydrogen-bond donors (Lipinski definition) is 2. The predicted octanol–water partition coefficient (Wildman–Crippen LogP) is -0.633. The Kier molecular flexibility index (Phi) is 9.73. The number of ether oxygens (including phenoxy) is 3. The number of hydrogen-bond acceptors (Lipinski definition) is 5. The average molecular weight is 194 g/mol. The van der Waals surface area contributed by atoms with Crippen molar-refractivity contribution >= 4 is 0 Å². The monoisotopic (exact) mass is 194 g/mol. The molecule has 0 amide bonds. The van der Waals surface area contributed by atoms with E-state index in [0.717, 1.165) is 0 Å². The molecule has 5 heteroatoms. The molecule has 0 heterocycles. The van der Waals surface area contributed by atoms with Crippen LogP contribution in [-0.2, 0) is 14.2 Å². The summed E-state index contributed by atoms with van der Waals surface area (Å²) in [7, 11) is 0. The van der Waals surface area contributed by atoms with Gasteiger partial charge in [-0.05, 0) is 6.92 Å². The highest BCUT2D eigenvalue weighted by molar-refractivity contribution is 4.36. The van der Waals surface area contributed by atoms with Crippen LogP contribution in [0.2, 0.25) is 0 Å². The molecule has 0 fully saturated rings. The molecule has 0 aromatic carbocycles. The van der Waals surface area contributed by atoms with E-state index in [-0.39, 0.29) is 13.2 Å². The van der Waals surface area contributed by atoms with Gasteiger partial charge in [0.15, 0.2) is 6.29 Å². The molecule has 2 N–H and O–H groups in total. The van der Waals surface area contributed by atoms with Gasteiger partial charge in [0.25, 0.3) is 0 Å². The molecule has 0 spiro atoms. The molecular weight excluding hydrogens is 176 g/mol. The summed E-state index contributed by atoms with van der Waals surface area (Å²) in [5.74, 6) is 0. The van der Waals surface area contributed by atoms with Gasteiger partial charge in [0, 0.05) is 6.61 Å². The standard InChI is InChI=1S/C8H18O5/c1-2-11-3-4-12-5-6-13-8(10)7-9/h8-10H,2-7H2,1H3. The smallest absolute Gasteiger partial charge is 0.177 e. The molecule has 5 nitrogen and oxygen atoms in total. The van der Waals surface area contributed by atoms with Gasteiger partial charge in [-0.25, -0.2) is 0 Å². The maximum atomic E-state index is 8.75. The summed E-state index contributed by atoms with van der Waals surface area (Å²) in [5.41, 5.74) is 0. The molecule has 1 atom stereocenters. The van der Waals surface area contributed by atoms with Crippen molar-refractivity contribution in [2.45, 2.75) is 13.2 Å². The summed E-state index contributed by atoms with van der Waals surface area (Å²) in [6.45, 7) is 3.96. The van der Waals surface area contributed by atoms with Crippen LogP contribution in [-0.4, -0.2) is 56.1 Å². The average Bonchev–Trinajstić information content (AvgIpc) is 2.16. The Labute approximate surface area is 78.2 Å². The van der Waals surface area contributed by atoms with Gasteiger partial charge < -0.3 is 24.4 Å². The fourth-order valence-corrected chi connectivity index (χ4v) is 0.660. The minimum atomic E-state index is -1.10. The molecule has 0 bridgehead atoms. The molecule has 13 heavy (non-hydrogen) atoms. The Balaban J connectivity index is 2.91. The topological polar surface area (TPSA) is 68.2 Å². The zero-order valence-electron chi connectivity index (χ0n) is 7.94. The van der Waals surface area contributed by atoms with Crippen LogP contribution in [0.1, 0.15) is 6.92 Å². The van der Waals surface area contributed by atoms with Gasteiger partial charge in [0.1, 0.15) is 0 Å². The third kappa shape index (κ3) is 9.72. The maximum absolute atomic E-state index is 8.75. The SMILES string of the molecule is CCOCCOCCOC(O)CO. The van der Waals surface area contributed by atoms with Crippen LogP contribution in [0.25, 0.3) is 0 Å². The highest BCUT2D eigenvalue weighted by atomic mass is 16.6. The second kappa shape index (κ2) is 9.88. The first-order valence-corrected chi connectivity index (χ1v) is 4.37. The van der Waals surface area contributed by atoms with Crippen molar-refractivity contribution in [2.75, 3.05) is 39.6 Å². The van der Waals surface area contributed by atoms with E-state index in [0.29, 0.717) is 26.4 Å². The third-order valence-corrected chi connectivity index (χ3v) is 1.27. The summed E-state index contributed by atoms with van der Waals surface area (Å²) >= 11 is 0. The van der Waals surface area contributed by atoms with Crippen LogP contribution in [0.3, 0.4) is 0 Å². The minimum Gasteiger partial charge on any atom is -0.391 e. The van der Waals surface area contributed by atoms with E-state index in [1.54, 1.807) is 0 Å². The molecule has 0 aliphatic carbocycles. The zero-order chi connectivity index (χ0) is 9.94. The van der Waals surface area contributed by atoms with Crippen molar-refractivity contribution in [3.8, 4) is 0 Å². The van der Waals surface area contributed by atoms with Crippen LogP contribution < -0.4 is 0 Å². The molecule has 0 aromatic rings. The predicted molar refractivity (Wildman–Crippen MR) is 46.4 cm³/mol. The lowest BCUT2D eigenvalue weighted by Gasteiger charge is -2.08. The molecule has 0 saturated heterocycles. The third-order valence-electron chi connectivity index (χ3n) is 1.27. The van der Waals surface area contributed by atoms with E-state index in [4.69, 9.17) is 24.4 Å². The van der Waals surface area contributed by atoms with Crippen molar-refractivity contribution in [1.29, 1.82) is 0 Å². The fourth-order valence-electron chi connectivity index (χ4n) is 0.660. The Bertz CT molecular complexity index is 98.5. The number of aliphatic hydroxyl groups excluding tert-OH is 2. The van der Waals surface area contributed by atoms with Crippen LogP contribution in [0.15, 0.2) is 0 Å². The van der Waals surface area contributed by atoms with Crippen molar-refractivity contribution in [2.24, 2.45) is 0 Å². The zero-order valence-corrected chi connectivity index (χ0v) is 7.94. The van der Waals surface area contributed by atoms with Crippen molar-refractivity contribution < 1.29 is 24.4 Å². The Morgan fingerprint density at radius 2 is 1.69 bits per heavy atom. The van der Waals surface area contributed by atoms with E-state index < -0.39 is 6.29 Å². The van der Waals surface area contributed by atoms with Gasteiger partial charge in [0.05, 0.1) is 33.0 Å². The van der Waals surface area contributed by atoms with E-state index in [1.807, 2.05) is 6.92 Å². The van der Waals surface area contributed by atoms with E-state index in [9.17, 15) is 0 Å². The molecule has 0 rings (SSSR count). The summed E-state index contributed by atoms with van der Waals surface area (Å²) in [6.07, 6.45) is -1.10. The van der Waals surface area contributed by atoms with Gasteiger partial charge in [0.2, 0.25) is 0 Å². The number of rotatable bonds is 9. The van der Waals surface area contributed by atoms with Crippen molar-refractivity contribution in [3.05, 3.63) is 0 Å². The molecule has 0 saturated carbocycles. The molecule has 0 aromatic heterocycles. The molecule has 0 aliphatic rings. The highest BCUT2D eigenvalue weighted by Crippen LogP contribution is 1.85. The second-order valence-corrected chi connectivity index (χ2v) is 2.32. The Morgan fingerprint density at radius 1 is 1.08 bits per heavy atom. The largest absolute Gasteiger partial charge is 0.391 e. The summed E-state index contributed by atoms with van der Waals surface area (Å²) < 4.78 is 14.9. The lowest BCUT2D eigenvalue weighted by molar-refractivity contribution is -0.135. The van der Waals surface area contributed by atoms with Gasteiger partial charge in [-0.3, -0.25) is 0 Å². The van der Waals surface area contributed by atoms with Crippen LogP contribution in [0.4, 0.5) is 0 Å². The summed E-state index contributed by atoms with van der Waals surface area (Å²) in [6, 6.07) is 0. The lowest BCUT2D eigenvalue weighted by Crippen LogP contribution is -2.19. The Hall–Kier alpha value is -0.200. The Morgan fingerprint density at radius 3 is 2.31 bits per heavy atom. The molecule has 0 aliphatic heterocycles. The normalized spacial score (nSPS) is 13.2.